The predicted octanol–water partition coefficient (Wildman–Crippen LogP) is 4.67. The zero-order valence-corrected chi connectivity index (χ0v) is 10.2. The van der Waals surface area contributed by atoms with Crippen LogP contribution in [-0.2, 0) is 0 Å². The molecule has 0 saturated carbocycles. The summed E-state index contributed by atoms with van der Waals surface area (Å²) in [6.45, 7) is 0. The van der Waals surface area contributed by atoms with Crippen LogP contribution in [0.5, 0.6) is 5.75 Å². The van der Waals surface area contributed by atoms with E-state index in [1.165, 1.54) is 0 Å². The molecule has 0 saturated heterocycles. The van der Waals surface area contributed by atoms with Crippen LogP contribution in [0.25, 0.3) is 11.1 Å². The molecule has 3 heteroatoms. The van der Waals surface area contributed by atoms with Crippen molar-refractivity contribution < 1.29 is 4.74 Å². The van der Waals surface area contributed by atoms with Gasteiger partial charge in [-0.3, -0.25) is 0 Å². The molecule has 2 aromatic rings. The summed E-state index contributed by atoms with van der Waals surface area (Å²) in [7, 11) is 1.65. The molecule has 0 fully saturated rings. The van der Waals surface area contributed by atoms with Gasteiger partial charge in [0.25, 0.3) is 0 Å². The van der Waals surface area contributed by atoms with Crippen LogP contribution in [-0.4, -0.2) is 7.11 Å². The second-order valence-electron chi connectivity index (χ2n) is 3.36. The van der Waals surface area contributed by atoms with Crippen molar-refractivity contribution >= 4 is 23.2 Å². The van der Waals surface area contributed by atoms with Crippen LogP contribution in [0, 0.1) is 0 Å². The first-order valence-corrected chi connectivity index (χ1v) is 5.56. The molecule has 0 heterocycles. The maximum absolute atomic E-state index is 5.97. The molecule has 0 N–H and O–H groups in total. The Morgan fingerprint density at radius 1 is 0.812 bits per heavy atom. The van der Waals surface area contributed by atoms with Gasteiger partial charge in [0.2, 0.25) is 0 Å². The normalized spacial score (nSPS) is 10.2. The van der Waals surface area contributed by atoms with Crippen molar-refractivity contribution in [3.63, 3.8) is 0 Å². The topological polar surface area (TPSA) is 9.23 Å². The van der Waals surface area contributed by atoms with Gasteiger partial charge in [-0.1, -0.05) is 41.4 Å². The minimum Gasteiger partial charge on any atom is -0.497 e. The number of methoxy groups -OCH3 is 1. The smallest absolute Gasteiger partial charge is 0.118 e. The molecule has 0 bridgehead atoms. The molecule has 0 aliphatic carbocycles. The van der Waals surface area contributed by atoms with Crippen molar-refractivity contribution in [1.82, 2.24) is 0 Å². The van der Waals surface area contributed by atoms with Crippen LogP contribution in [0.1, 0.15) is 0 Å². The minimum absolute atomic E-state index is 0.565. The highest BCUT2D eigenvalue weighted by Crippen LogP contribution is 2.29. The van der Waals surface area contributed by atoms with E-state index in [0.29, 0.717) is 10.0 Å². The lowest BCUT2D eigenvalue weighted by Gasteiger charge is -2.05. The van der Waals surface area contributed by atoms with E-state index in [4.69, 9.17) is 27.9 Å². The summed E-state index contributed by atoms with van der Waals surface area (Å²) in [6, 6.07) is 13.4. The van der Waals surface area contributed by atoms with Crippen molar-refractivity contribution in [3.8, 4) is 16.9 Å². The second-order valence-corrected chi connectivity index (χ2v) is 4.17. The monoisotopic (exact) mass is 252 g/mol. The van der Waals surface area contributed by atoms with E-state index in [1.807, 2.05) is 36.4 Å². The van der Waals surface area contributed by atoms with E-state index in [1.54, 1.807) is 13.2 Å². The Morgan fingerprint density at radius 2 is 1.44 bits per heavy atom. The van der Waals surface area contributed by atoms with Crippen molar-refractivity contribution in [3.05, 3.63) is 52.5 Å². The van der Waals surface area contributed by atoms with Gasteiger partial charge in [0.05, 0.1) is 17.2 Å². The zero-order chi connectivity index (χ0) is 11.5. The molecule has 0 amide bonds. The Morgan fingerprint density at radius 3 is 2.00 bits per heavy atom. The highest BCUT2D eigenvalue weighted by atomic mass is 35.5. The SMILES string of the molecule is COc1ccc(-c2ccc(Cl)c(Cl)c2)cc1. The van der Waals surface area contributed by atoms with Gasteiger partial charge in [0, 0.05) is 0 Å². The quantitative estimate of drug-likeness (QED) is 0.755. The van der Waals surface area contributed by atoms with E-state index in [-0.39, 0.29) is 0 Å². The molecule has 0 spiro atoms. The number of benzene rings is 2. The predicted molar refractivity (Wildman–Crippen MR) is 68.5 cm³/mol. The lowest BCUT2D eigenvalue weighted by molar-refractivity contribution is 0.415. The maximum Gasteiger partial charge on any atom is 0.118 e. The van der Waals surface area contributed by atoms with Crippen LogP contribution in [0.15, 0.2) is 42.5 Å². The zero-order valence-electron chi connectivity index (χ0n) is 8.71. The summed E-state index contributed by atoms with van der Waals surface area (Å²) in [5.74, 6) is 0.837. The molecule has 2 aromatic carbocycles. The number of ether oxygens (including phenoxy) is 1. The number of hydrogen-bond acceptors (Lipinski definition) is 1. The lowest BCUT2D eigenvalue weighted by Crippen LogP contribution is -1.83. The lowest BCUT2D eigenvalue weighted by atomic mass is 10.1. The number of rotatable bonds is 2. The third-order valence-corrected chi connectivity index (χ3v) is 3.08. The Labute approximate surface area is 105 Å². The molecule has 82 valence electrons. The summed E-state index contributed by atoms with van der Waals surface area (Å²) >= 11 is 11.8. The van der Waals surface area contributed by atoms with Gasteiger partial charge in [-0.2, -0.15) is 0 Å². The summed E-state index contributed by atoms with van der Waals surface area (Å²) in [5, 5.41) is 1.13. The van der Waals surface area contributed by atoms with Crippen molar-refractivity contribution in [2.75, 3.05) is 7.11 Å². The largest absolute Gasteiger partial charge is 0.497 e. The summed E-state index contributed by atoms with van der Waals surface area (Å²) < 4.78 is 5.10. The van der Waals surface area contributed by atoms with Crippen molar-refractivity contribution in [2.24, 2.45) is 0 Å². The molecular weight excluding hydrogens is 243 g/mol. The first-order chi connectivity index (χ1) is 7.70. The number of halogens is 2. The molecule has 0 aliphatic rings. The molecule has 2 rings (SSSR count). The van der Waals surface area contributed by atoms with Crippen LogP contribution < -0.4 is 4.74 Å². The average molecular weight is 253 g/mol. The van der Waals surface area contributed by atoms with Crippen LogP contribution >= 0.6 is 23.2 Å². The minimum atomic E-state index is 0.565. The maximum atomic E-state index is 5.97. The molecule has 0 aromatic heterocycles. The second kappa shape index (κ2) is 4.77. The molecule has 0 radical (unpaired) electrons. The van der Waals surface area contributed by atoms with E-state index < -0.39 is 0 Å². The van der Waals surface area contributed by atoms with Crippen LogP contribution in [0.3, 0.4) is 0 Å². The summed E-state index contributed by atoms with van der Waals surface area (Å²) in [6.07, 6.45) is 0. The molecule has 0 atom stereocenters. The fourth-order valence-corrected chi connectivity index (χ4v) is 1.76. The molecule has 16 heavy (non-hydrogen) atoms. The average Bonchev–Trinajstić information content (AvgIpc) is 2.33. The van der Waals surface area contributed by atoms with Gasteiger partial charge in [-0.25, -0.2) is 0 Å². The van der Waals surface area contributed by atoms with Crippen LogP contribution in [0.2, 0.25) is 10.0 Å². The number of hydrogen-bond donors (Lipinski definition) is 0. The van der Waals surface area contributed by atoms with E-state index in [0.717, 1.165) is 16.9 Å². The van der Waals surface area contributed by atoms with Crippen LogP contribution in [0.4, 0.5) is 0 Å². The fraction of sp³-hybridized carbons (Fsp3) is 0.0769. The van der Waals surface area contributed by atoms with Gasteiger partial charge in [-0.15, -0.1) is 0 Å². The third-order valence-electron chi connectivity index (χ3n) is 2.34. The van der Waals surface area contributed by atoms with Gasteiger partial charge < -0.3 is 4.74 Å². The van der Waals surface area contributed by atoms with E-state index >= 15 is 0 Å². The summed E-state index contributed by atoms with van der Waals surface area (Å²) in [5.41, 5.74) is 2.12. The Balaban J connectivity index is 2.38. The third kappa shape index (κ3) is 2.31. The highest BCUT2D eigenvalue weighted by molar-refractivity contribution is 6.42. The van der Waals surface area contributed by atoms with Gasteiger partial charge >= 0.3 is 0 Å². The molecule has 0 unspecified atom stereocenters. The molecular formula is C13H10Cl2O. The molecule has 1 nitrogen and oxygen atoms in total. The first-order valence-electron chi connectivity index (χ1n) is 4.80. The van der Waals surface area contributed by atoms with Gasteiger partial charge in [0.15, 0.2) is 0 Å². The fourth-order valence-electron chi connectivity index (χ4n) is 1.46. The first kappa shape index (κ1) is 11.3. The highest BCUT2D eigenvalue weighted by Gasteiger charge is 2.02. The standard InChI is InChI=1S/C13H10Cl2O/c1-16-11-5-2-9(3-6-11)10-4-7-12(14)13(15)8-10/h2-8H,1H3. The van der Waals surface area contributed by atoms with E-state index in [9.17, 15) is 0 Å². The van der Waals surface area contributed by atoms with Crippen molar-refractivity contribution in [1.29, 1.82) is 0 Å². The van der Waals surface area contributed by atoms with Gasteiger partial charge in [-0.05, 0) is 35.4 Å². The molecule has 0 aliphatic heterocycles. The Kier molecular flexibility index (Phi) is 3.37. The van der Waals surface area contributed by atoms with E-state index in [2.05, 4.69) is 0 Å². The summed E-state index contributed by atoms with van der Waals surface area (Å²) in [4.78, 5) is 0. The Bertz CT molecular complexity index is 492. The van der Waals surface area contributed by atoms with Gasteiger partial charge in [0.1, 0.15) is 5.75 Å². The Hall–Kier alpha value is -1.18. The van der Waals surface area contributed by atoms with Crippen molar-refractivity contribution in [2.45, 2.75) is 0 Å².